The fourth-order valence-electron chi connectivity index (χ4n) is 3.46. The van der Waals surface area contributed by atoms with Gasteiger partial charge in [0.15, 0.2) is 0 Å². The van der Waals surface area contributed by atoms with Gasteiger partial charge in [-0.15, -0.1) is 35.3 Å². The van der Waals surface area contributed by atoms with Crippen molar-refractivity contribution in [3.8, 4) is 0 Å². The summed E-state index contributed by atoms with van der Waals surface area (Å²) in [5, 5.41) is 0.416. The van der Waals surface area contributed by atoms with Gasteiger partial charge in [0.05, 0.1) is 9.83 Å². The third-order valence-corrected chi connectivity index (χ3v) is 9.93. The van der Waals surface area contributed by atoms with Crippen LogP contribution in [0.5, 0.6) is 0 Å². The summed E-state index contributed by atoms with van der Waals surface area (Å²) in [6, 6.07) is 43.6. The molecule has 162 valence electrons. The van der Waals surface area contributed by atoms with Gasteiger partial charge in [-0.05, 0) is 22.3 Å². The van der Waals surface area contributed by atoms with E-state index >= 15 is 0 Å². The molecular weight excluding hydrogens is 445 g/mol. The summed E-state index contributed by atoms with van der Waals surface area (Å²) >= 11 is 6.21. The molecule has 4 aromatic carbocycles. The van der Waals surface area contributed by atoms with Crippen LogP contribution in [0.1, 0.15) is 27.5 Å². The standard InChI is InChI=1S/C29H28S3/c1-5-13-24(14-6-1)21-30-28(27-19-11-4-12-20-27)29(31-22-25-15-7-2-8-16-25)32-23-26-17-9-3-10-18-26/h1-20,28-29H,21-23H2. The summed E-state index contributed by atoms with van der Waals surface area (Å²) in [4.78, 5) is 0. The Morgan fingerprint density at radius 3 is 1.16 bits per heavy atom. The average molecular weight is 473 g/mol. The van der Waals surface area contributed by atoms with E-state index < -0.39 is 0 Å². The van der Waals surface area contributed by atoms with Crippen LogP contribution in [-0.4, -0.2) is 4.58 Å². The molecule has 0 saturated heterocycles. The lowest BCUT2D eigenvalue weighted by Crippen LogP contribution is -2.11. The summed E-state index contributed by atoms with van der Waals surface area (Å²) in [7, 11) is 0. The zero-order valence-corrected chi connectivity index (χ0v) is 20.5. The molecule has 4 rings (SSSR count). The van der Waals surface area contributed by atoms with E-state index in [9.17, 15) is 0 Å². The molecule has 0 aliphatic carbocycles. The summed E-state index contributed by atoms with van der Waals surface area (Å²) < 4.78 is 0.450. The van der Waals surface area contributed by atoms with E-state index in [1.807, 2.05) is 0 Å². The van der Waals surface area contributed by atoms with Crippen LogP contribution in [-0.2, 0) is 17.3 Å². The van der Waals surface area contributed by atoms with Gasteiger partial charge in [-0.2, -0.15) is 0 Å². The van der Waals surface area contributed by atoms with Gasteiger partial charge in [-0.3, -0.25) is 0 Å². The normalized spacial score (nSPS) is 12.0. The summed E-state index contributed by atoms with van der Waals surface area (Å²) in [6.07, 6.45) is 0. The molecule has 4 aromatic rings. The van der Waals surface area contributed by atoms with Crippen LogP contribution < -0.4 is 0 Å². The van der Waals surface area contributed by atoms with E-state index in [4.69, 9.17) is 0 Å². The Morgan fingerprint density at radius 1 is 0.406 bits per heavy atom. The Bertz CT molecular complexity index is 977. The van der Waals surface area contributed by atoms with Crippen molar-refractivity contribution in [3.05, 3.63) is 144 Å². The summed E-state index contributed by atoms with van der Waals surface area (Å²) in [5.74, 6) is 3.08. The van der Waals surface area contributed by atoms with E-state index in [0.29, 0.717) is 9.83 Å². The molecule has 0 nitrogen and oxygen atoms in total. The van der Waals surface area contributed by atoms with Crippen molar-refractivity contribution in [2.75, 3.05) is 0 Å². The monoisotopic (exact) mass is 472 g/mol. The number of hydrogen-bond donors (Lipinski definition) is 0. The molecule has 0 aliphatic heterocycles. The highest BCUT2D eigenvalue weighted by atomic mass is 32.2. The van der Waals surface area contributed by atoms with Gasteiger partial charge < -0.3 is 0 Å². The molecule has 0 radical (unpaired) electrons. The Labute approximate surface area is 205 Å². The van der Waals surface area contributed by atoms with Crippen molar-refractivity contribution in [3.63, 3.8) is 0 Å². The first-order chi connectivity index (χ1) is 15.9. The van der Waals surface area contributed by atoms with Gasteiger partial charge in [0, 0.05) is 17.3 Å². The van der Waals surface area contributed by atoms with Crippen molar-refractivity contribution >= 4 is 35.3 Å². The van der Waals surface area contributed by atoms with Gasteiger partial charge in [0.2, 0.25) is 0 Å². The second-order valence-electron chi connectivity index (χ2n) is 7.59. The summed E-state index contributed by atoms with van der Waals surface area (Å²) in [5.41, 5.74) is 5.59. The van der Waals surface area contributed by atoms with Crippen molar-refractivity contribution in [1.82, 2.24) is 0 Å². The van der Waals surface area contributed by atoms with Crippen LogP contribution in [0.15, 0.2) is 121 Å². The number of rotatable bonds is 11. The molecule has 0 amide bonds. The maximum Gasteiger partial charge on any atom is 0.0668 e. The lowest BCUT2D eigenvalue weighted by molar-refractivity contribution is 1.06. The largest absolute Gasteiger partial charge is 0.147 e. The molecule has 1 atom stereocenters. The second kappa shape index (κ2) is 12.8. The Hall–Kier alpha value is -2.07. The molecule has 1 unspecified atom stereocenters. The van der Waals surface area contributed by atoms with Crippen molar-refractivity contribution < 1.29 is 0 Å². The molecule has 3 heteroatoms. The highest BCUT2D eigenvalue weighted by Crippen LogP contribution is 2.46. The van der Waals surface area contributed by atoms with Crippen LogP contribution >= 0.6 is 35.3 Å². The zero-order chi connectivity index (χ0) is 21.8. The first-order valence-electron chi connectivity index (χ1n) is 10.9. The first-order valence-corrected chi connectivity index (χ1v) is 14.0. The highest BCUT2D eigenvalue weighted by molar-refractivity contribution is 8.17. The second-order valence-corrected chi connectivity index (χ2v) is 11.3. The quantitative estimate of drug-likeness (QED) is 0.200. The van der Waals surface area contributed by atoms with E-state index in [-0.39, 0.29) is 0 Å². The fourth-order valence-corrected chi connectivity index (χ4v) is 8.03. The molecular formula is C29H28S3. The van der Waals surface area contributed by atoms with E-state index in [2.05, 4.69) is 157 Å². The molecule has 32 heavy (non-hydrogen) atoms. The molecule has 0 bridgehead atoms. The van der Waals surface area contributed by atoms with Crippen LogP contribution in [0.4, 0.5) is 0 Å². The lowest BCUT2D eigenvalue weighted by Gasteiger charge is -2.27. The molecule has 0 aromatic heterocycles. The molecule has 0 spiro atoms. The SMILES string of the molecule is c1ccc(CSC(SCc2ccccc2)C(SCc2ccccc2)c2ccccc2)cc1. The predicted octanol–water partition coefficient (Wildman–Crippen LogP) is 8.85. The van der Waals surface area contributed by atoms with Crippen LogP contribution in [0.2, 0.25) is 0 Å². The van der Waals surface area contributed by atoms with E-state index in [0.717, 1.165) is 17.3 Å². The lowest BCUT2D eigenvalue weighted by atomic mass is 10.2. The Kier molecular flexibility index (Phi) is 9.27. The topological polar surface area (TPSA) is 0 Å². The third kappa shape index (κ3) is 7.23. The predicted molar refractivity (Wildman–Crippen MR) is 146 cm³/mol. The van der Waals surface area contributed by atoms with Crippen molar-refractivity contribution in [2.45, 2.75) is 27.1 Å². The molecule has 0 heterocycles. The maximum atomic E-state index is 2.29. The third-order valence-electron chi connectivity index (χ3n) is 5.16. The average Bonchev–Trinajstić information content (AvgIpc) is 2.88. The van der Waals surface area contributed by atoms with Crippen molar-refractivity contribution in [1.29, 1.82) is 0 Å². The van der Waals surface area contributed by atoms with Gasteiger partial charge >= 0.3 is 0 Å². The smallest absolute Gasteiger partial charge is 0.0668 e. The first kappa shape index (κ1) is 23.1. The van der Waals surface area contributed by atoms with Crippen LogP contribution in [0.25, 0.3) is 0 Å². The van der Waals surface area contributed by atoms with Crippen LogP contribution in [0, 0.1) is 0 Å². The fraction of sp³-hybridized carbons (Fsp3) is 0.172. The molecule has 0 saturated carbocycles. The zero-order valence-electron chi connectivity index (χ0n) is 18.0. The number of thioether (sulfide) groups is 3. The maximum absolute atomic E-state index is 2.29. The molecule has 0 N–H and O–H groups in total. The van der Waals surface area contributed by atoms with Gasteiger partial charge in [0.25, 0.3) is 0 Å². The van der Waals surface area contributed by atoms with E-state index in [1.54, 1.807) is 0 Å². The Balaban J connectivity index is 1.54. The highest BCUT2D eigenvalue weighted by Gasteiger charge is 2.25. The summed E-state index contributed by atoms with van der Waals surface area (Å²) in [6.45, 7) is 0. The van der Waals surface area contributed by atoms with Crippen LogP contribution in [0.3, 0.4) is 0 Å². The number of hydrogen-bond acceptors (Lipinski definition) is 3. The minimum absolute atomic E-state index is 0.416. The minimum Gasteiger partial charge on any atom is -0.147 e. The molecule has 0 aliphatic rings. The number of benzene rings is 4. The minimum atomic E-state index is 0.416. The van der Waals surface area contributed by atoms with Gasteiger partial charge in [-0.1, -0.05) is 121 Å². The van der Waals surface area contributed by atoms with Crippen molar-refractivity contribution in [2.24, 2.45) is 0 Å². The van der Waals surface area contributed by atoms with Gasteiger partial charge in [-0.25, -0.2) is 0 Å². The van der Waals surface area contributed by atoms with Gasteiger partial charge in [0.1, 0.15) is 0 Å². The van der Waals surface area contributed by atoms with E-state index in [1.165, 1.54) is 22.3 Å². The molecule has 0 fully saturated rings. The Morgan fingerprint density at radius 2 is 0.750 bits per heavy atom.